The molecule has 1 aliphatic rings. The molecule has 28 heavy (non-hydrogen) atoms. The van der Waals surface area contributed by atoms with Crippen molar-refractivity contribution in [3.05, 3.63) is 58.1 Å². The van der Waals surface area contributed by atoms with E-state index in [1.54, 1.807) is 46.4 Å². The number of amides is 2. The molecular weight excluding hydrogens is 394 g/mol. The number of fused-ring (bicyclic) bond motifs is 1. The van der Waals surface area contributed by atoms with Gasteiger partial charge in [0.25, 0.3) is 5.91 Å². The van der Waals surface area contributed by atoms with Crippen LogP contribution in [-0.4, -0.2) is 35.3 Å². The van der Waals surface area contributed by atoms with Crippen LogP contribution in [0.25, 0.3) is 10.2 Å². The van der Waals surface area contributed by atoms with E-state index in [0.29, 0.717) is 29.2 Å². The van der Waals surface area contributed by atoms with Gasteiger partial charge < -0.3 is 9.80 Å². The number of thiazole rings is 1. The first-order valence-electron chi connectivity index (χ1n) is 9.18. The van der Waals surface area contributed by atoms with Gasteiger partial charge in [0.1, 0.15) is 5.01 Å². The van der Waals surface area contributed by atoms with Crippen molar-refractivity contribution in [2.24, 2.45) is 0 Å². The van der Waals surface area contributed by atoms with Crippen molar-refractivity contribution in [1.29, 1.82) is 0 Å². The van der Waals surface area contributed by atoms with Crippen LogP contribution in [0.5, 0.6) is 0 Å². The van der Waals surface area contributed by atoms with Crippen molar-refractivity contribution in [3.63, 3.8) is 0 Å². The van der Waals surface area contributed by atoms with E-state index in [4.69, 9.17) is 11.6 Å². The lowest BCUT2D eigenvalue weighted by Crippen LogP contribution is -2.30. The molecule has 0 spiro atoms. The van der Waals surface area contributed by atoms with Gasteiger partial charge >= 0.3 is 0 Å². The lowest BCUT2D eigenvalue weighted by atomic mass is 10.1. The molecule has 0 radical (unpaired) electrons. The first-order chi connectivity index (χ1) is 13.5. The predicted octanol–water partition coefficient (Wildman–Crippen LogP) is 4.91. The maximum Gasteiger partial charge on any atom is 0.254 e. The summed E-state index contributed by atoms with van der Waals surface area (Å²) < 4.78 is 1.10. The molecule has 1 fully saturated rings. The first-order valence-corrected chi connectivity index (χ1v) is 10.4. The number of rotatable bonds is 4. The zero-order valence-electron chi connectivity index (χ0n) is 15.7. The van der Waals surface area contributed by atoms with E-state index < -0.39 is 0 Å². The van der Waals surface area contributed by atoms with Gasteiger partial charge in [0.05, 0.1) is 27.0 Å². The fourth-order valence-electron chi connectivity index (χ4n) is 3.37. The van der Waals surface area contributed by atoms with Crippen molar-refractivity contribution < 1.29 is 9.59 Å². The quantitative estimate of drug-likeness (QED) is 0.610. The van der Waals surface area contributed by atoms with Crippen molar-refractivity contribution >= 4 is 50.7 Å². The van der Waals surface area contributed by atoms with E-state index in [2.05, 4.69) is 4.98 Å². The molecule has 1 aromatic heterocycles. The Balaban J connectivity index is 1.60. The molecule has 2 amide bonds. The minimum absolute atomic E-state index is 0.0442. The second-order valence-corrected chi connectivity index (χ2v) is 8.40. The Morgan fingerprint density at radius 3 is 2.79 bits per heavy atom. The second kappa shape index (κ2) is 7.53. The predicted molar refractivity (Wildman–Crippen MR) is 113 cm³/mol. The van der Waals surface area contributed by atoms with E-state index in [0.717, 1.165) is 21.6 Å². The largest absolute Gasteiger partial charge is 0.333 e. The molecule has 144 valence electrons. The number of carbonyl (C=O) groups excluding carboxylic acids is 2. The van der Waals surface area contributed by atoms with Gasteiger partial charge in [0, 0.05) is 25.6 Å². The summed E-state index contributed by atoms with van der Waals surface area (Å²) in [5.41, 5.74) is 2.06. The Morgan fingerprint density at radius 2 is 2.07 bits per heavy atom. The Kier molecular flexibility index (Phi) is 5.08. The Hall–Kier alpha value is -2.44. The summed E-state index contributed by atoms with van der Waals surface area (Å²) in [4.78, 5) is 33.2. The molecule has 3 aromatic rings. The first kappa shape index (κ1) is 18.9. The number of para-hydroxylation sites is 1. The number of nitrogens with zero attached hydrogens (tertiary/aromatic N) is 3. The number of halogens is 1. The van der Waals surface area contributed by atoms with Crippen molar-refractivity contribution in [2.75, 3.05) is 18.5 Å². The van der Waals surface area contributed by atoms with E-state index in [1.807, 2.05) is 31.2 Å². The molecule has 4 rings (SSSR count). The Bertz CT molecular complexity index is 1030. The normalized spacial score (nSPS) is 15.2. The van der Waals surface area contributed by atoms with Gasteiger partial charge in [-0.25, -0.2) is 4.98 Å². The molecule has 2 aromatic carbocycles. The molecule has 1 aliphatic heterocycles. The van der Waals surface area contributed by atoms with Gasteiger partial charge in [-0.1, -0.05) is 23.7 Å². The van der Waals surface area contributed by atoms with E-state index >= 15 is 0 Å². The van der Waals surface area contributed by atoms with E-state index in [9.17, 15) is 9.59 Å². The zero-order chi connectivity index (χ0) is 19.8. The highest BCUT2D eigenvalue weighted by Gasteiger charge is 2.26. The zero-order valence-corrected chi connectivity index (χ0v) is 17.3. The smallest absolute Gasteiger partial charge is 0.254 e. The Labute approximate surface area is 172 Å². The number of aromatic nitrogens is 1. The summed E-state index contributed by atoms with van der Waals surface area (Å²) in [5.74, 6) is -0.0842. The second-order valence-electron chi connectivity index (χ2n) is 6.93. The van der Waals surface area contributed by atoms with Crippen LogP contribution in [-0.2, 0) is 4.79 Å². The molecule has 5 nitrogen and oxygen atoms in total. The fraction of sp³-hybridized carbons (Fsp3) is 0.286. The van der Waals surface area contributed by atoms with Crippen LogP contribution in [0, 0.1) is 0 Å². The maximum absolute atomic E-state index is 13.1. The lowest BCUT2D eigenvalue weighted by Gasteiger charge is -2.24. The van der Waals surface area contributed by atoms with Gasteiger partial charge in [-0.3, -0.25) is 9.59 Å². The fourth-order valence-corrected chi connectivity index (χ4v) is 4.65. The Morgan fingerprint density at radius 1 is 1.29 bits per heavy atom. The molecule has 2 heterocycles. The highest BCUT2D eigenvalue weighted by Crippen LogP contribution is 2.33. The van der Waals surface area contributed by atoms with Crippen molar-refractivity contribution in [3.8, 4) is 0 Å². The highest BCUT2D eigenvalue weighted by molar-refractivity contribution is 7.18. The van der Waals surface area contributed by atoms with Crippen LogP contribution in [0.2, 0.25) is 5.02 Å². The SMILES string of the molecule is C[C@@H](c1nc2ccccc2s1)N(C)C(=O)c1ccc(Cl)c(N2CCCC2=O)c1. The molecule has 0 bridgehead atoms. The van der Waals surface area contributed by atoms with Crippen molar-refractivity contribution in [2.45, 2.75) is 25.8 Å². The molecule has 1 saturated heterocycles. The number of hydrogen-bond acceptors (Lipinski definition) is 4. The van der Waals surface area contributed by atoms with Crippen molar-refractivity contribution in [1.82, 2.24) is 9.88 Å². The monoisotopic (exact) mass is 413 g/mol. The number of anilines is 1. The topological polar surface area (TPSA) is 53.5 Å². The lowest BCUT2D eigenvalue weighted by molar-refractivity contribution is -0.117. The standard InChI is InChI=1S/C21H20ClN3O2S/c1-13(20-23-16-6-3-4-7-18(16)28-20)24(2)21(27)14-9-10-15(22)17(12-14)25-11-5-8-19(25)26/h3-4,6-7,9-10,12-13H,5,8,11H2,1-2H3/t13-/m0/s1. The van der Waals surface area contributed by atoms with Gasteiger partial charge in [0.15, 0.2) is 0 Å². The summed E-state index contributed by atoms with van der Waals surface area (Å²) in [7, 11) is 1.77. The molecule has 0 N–H and O–H groups in total. The summed E-state index contributed by atoms with van der Waals surface area (Å²) in [5, 5.41) is 1.37. The van der Waals surface area contributed by atoms with Gasteiger partial charge in [0.2, 0.25) is 5.91 Å². The average Bonchev–Trinajstić information content (AvgIpc) is 3.32. The molecule has 1 atom stereocenters. The van der Waals surface area contributed by atoms with Gasteiger partial charge in [-0.15, -0.1) is 11.3 Å². The number of hydrogen-bond donors (Lipinski definition) is 0. The summed E-state index contributed by atoms with van der Waals surface area (Å²) in [6.45, 7) is 2.60. The number of benzene rings is 2. The van der Waals surface area contributed by atoms with Crippen LogP contribution >= 0.6 is 22.9 Å². The minimum atomic E-state index is -0.169. The van der Waals surface area contributed by atoms with Crippen LogP contribution in [0.15, 0.2) is 42.5 Å². The molecule has 0 aliphatic carbocycles. The summed E-state index contributed by atoms with van der Waals surface area (Å²) >= 11 is 7.90. The third-order valence-corrected chi connectivity index (χ3v) is 6.65. The highest BCUT2D eigenvalue weighted by atomic mass is 35.5. The van der Waals surface area contributed by atoms with Gasteiger partial charge in [-0.2, -0.15) is 0 Å². The van der Waals surface area contributed by atoms with Crippen LogP contribution in [0.3, 0.4) is 0 Å². The van der Waals surface area contributed by atoms with Gasteiger partial charge in [-0.05, 0) is 43.7 Å². The third kappa shape index (κ3) is 3.38. The molecule has 0 unspecified atom stereocenters. The molecular formula is C21H20ClN3O2S. The molecule has 0 saturated carbocycles. The summed E-state index contributed by atoms with van der Waals surface area (Å²) in [6, 6.07) is 12.9. The summed E-state index contributed by atoms with van der Waals surface area (Å²) in [6.07, 6.45) is 1.32. The molecule has 7 heteroatoms. The van der Waals surface area contributed by atoms with Crippen LogP contribution < -0.4 is 4.90 Å². The van der Waals surface area contributed by atoms with Crippen LogP contribution in [0.1, 0.15) is 41.2 Å². The minimum Gasteiger partial charge on any atom is -0.333 e. The average molecular weight is 414 g/mol. The van der Waals surface area contributed by atoms with E-state index in [-0.39, 0.29) is 17.9 Å². The van der Waals surface area contributed by atoms with Crippen LogP contribution in [0.4, 0.5) is 5.69 Å². The van der Waals surface area contributed by atoms with E-state index in [1.165, 1.54) is 0 Å². The number of carbonyl (C=O) groups is 2. The third-order valence-electron chi connectivity index (χ3n) is 5.13. The maximum atomic E-state index is 13.1.